The average Bonchev–Trinajstić information content (AvgIpc) is 2.70. The fourth-order valence-corrected chi connectivity index (χ4v) is 2.54. The quantitative estimate of drug-likeness (QED) is 0.690. The van der Waals surface area contributed by atoms with E-state index in [0.29, 0.717) is 12.2 Å². The molecule has 2 aromatic rings. The maximum Gasteiger partial charge on any atom is 0.295 e. The van der Waals surface area contributed by atoms with Crippen molar-refractivity contribution >= 4 is 11.4 Å². The first-order valence-corrected chi connectivity index (χ1v) is 6.75. The van der Waals surface area contributed by atoms with Gasteiger partial charge in [0.1, 0.15) is 11.4 Å². The Balaban J connectivity index is 2.86. The van der Waals surface area contributed by atoms with E-state index in [-0.39, 0.29) is 23.0 Å². The number of rotatable bonds is 4. The molecule has 1 aromatic carbocycles. The smallest absolute Gasteiger partial charge is 0.295 e. The molecule has 0 saturated heterocycles. The van der Waals surface area contributed by atoms with Gasteiger partial charge in [-0.2, -0.15) is 0 Å². The van der Waals surface area contributed by atoms with Gasteiger partial charge in [0.2, 0.25) is 0 Å². The summed E-state index contributed by atoms with van der Waals surface area (Å²) in [7, 11) is 0. The summed E-state index contributed by atoms with van der Waals surface area (Å²) in [5.74, 6) is 0.0432. The van der Waals surface area contributed by atoms with Crippen molar-refractivity contribution in [2.45, 2.75) is 33.2 Å². The number of hydrogen-bond acceptors (Lipinski definition) is 4. The van der Waals surface area contributed by atoms with Crippen LogP contribution in [0.4, 0.5) is 11.4 Å². The molecule has 0 amide bonds. The lowest BCUT2D eigenvalue weighted by molar-refractivity contribution is -0.384. The Bertz CT molecular complexity index is 743. The number of anilines is 1. The number of hydrogen-bond donors (Lipinski definition) is 1. The summed E-state index contributed by atoms with van der Waals surface area (Å²) < 4.78 is 2.99. The van der Waals surface area contributed by atoms with Crippen molar-refractivity contribution in [3.63, 3.8) is 0 Å². The molecule has 2 rings (SSSR count). The minimum Gasteiger partial charge on any atom is -0.393 e. The Kier molecular flexibility index (Phi) is 3.84. The summed E-state index contributed by atoms with van der Waals surface area (Å²) in [6.45, 7) is 6.23. The van der Waals surface area contributed by atoms with E-state index in [0.717, 1.165) is 0 Å². The van der Waals surface area contributed by atoms with Crippen molar-refractivity contribution < 1.29 is 4.92 Å². The maximum atomic E-state index is 12.4. The van der Waals surface area contributed by atoms with E-state index in [1.54, 1.807) is 22.9 Å². The van der Waals surface area contributed by atoms with Crippen LogP contribution < -0.4 is 11.3 Å². The molecule has 7 heteroatoms. The van der Waals surface area contributed by atoms with E-state index in [4.69, 9.17) is 5.73 Å². The second kappa shape index (κ2) is 5.43. The van der Waals surface area contributed by atoms with Gasteiger partial charge in [0.25, 0.3) is 11.2 Å². The molecule has 0 aliphatic heterocycles. The first-order valence-electron chi connectivity index (χ1n) is 6.75. The van der Waals surface area contributed by atoms with E-state index in [2.05, 4.69) is 0 Å². The topological polar surface area (TPSA) is 96.1 Å². The Hall–Kier alpha value is -2.57. The zero-order valence-electron chi connectivity index (χ0n) is 12.2. The Morgan fingerprint density at radius 1 is 1.33 bits per heavy atom. The molecule has 0 aliphatic rings. The zero-order chi connectivity index (χ0) is 15.7. The van der Waals surface area contributed by atoms with E-state index < -0.39 is 10.5 Å². The molecule has 2 N–H and O–H groups in total. The fraction of sp³-hybridized carbons (Fsp3) is 0.357. The standard InChI is InChI=1S/C14H18N4O3/c1-4-16-13(9(2)3)12(15)14(19)17(16)10-7-5-6-8-11(10)18(20)21/h5-9H,4,15H2,1-3H3. The predicted octanol–water partition coefficient (Wildman–Crippen LogP) is 2.27. The molecule has 0 spiro atoms. The highest BCUT2D eigenvalue weighted by atomic mass is 16.6. The number of aromatic nitrogens is 2. The number of benzene rings is 1. The molecule has 1 heterocycles. The maximum absolute atomic E-state index is 12.4. The molecule has 0 fully saturated rings. The molecule has 1 aromatic heterocycles. The highest BCUT2D eigenvalue weighted by Crippen LogP contribution is 2.26. The third-order valence-electron chi connectivity index (χ3n) is 3.37. The van der Waals surface area contributed by atoms with Crippen LogP contribution >= 0.6 is 0 Å². The number of para-hydroxylation sites is 2. The number of nitro benzene ring substituents is 1. The van der Waals surface area contributed by atoms with E-state index in [9.17, 15) is 14.9 Å². The van der Waals surface area contributed by atoms with Crippen LogP contribution in [0.1, 0.15) is 32.4 Å². The monoisotopic (exact) mass is 290 g/mol. The van der Waals surface area contributed by atoms with Crippen molar-refractivity contribution in [3.8, 4) is 5.69 Å². The Labute approximate surface area is 121 Å². The van der Waals surface area contributed by atoms with Gasteiger partial charge in [-0.1, -0.05) is 26.0 Å². The van der Waals surface area contributed by atoms with Crippen molar-refractivity contribution in [3.05, 3.63) is 50.4 Å². The normalized spacial score (nSPS) is 11.0. The van der Waals surface area contributed by atoms with Crippen LogP contribution in [0.3, 0.4) is 0 Å². The van der Waals surface area contributed by atoms with Crippen molar-refractivity contribution in [2.75, 3.05) is 5.73 Å². The van der Waals surface area contributed by atoms with Gasteiger partial charge in [-0.3, -0.25) is 19.6 Å². The summed E-state index contributed by atoms with van der Waals surface area (Å²) in [6.07, 6.45) is 0. The summed E-state index contributed by atoms with van der Waals surface area (Å²) >= 11 is 0. The second-order valence-corrected chi connectivity index (χ2v) is 5.03. The second-order valence-electron chi connectivity index (χ2n) is 5.03. The molecule has 7 nitrogen and oxygen atoms in total. The van der Waals surface area contributed by atoms with Crippen molar-refractivity contribution in [1.82, 2.24) is 9.36 Å². The van der Waals surface area contributed by atoms with Crippen molar-refractivity contribution in [1.29, 1.82) is 0 Å². The predicted molar refractivity (Wildman–Crippen MR) is 80.9 cm³/mol. The van der Waals surface area contributed by atoms with Crippen LogP contribution in [0.15, 0.2) is 29.1 Å². The van der Waals surface area contributed by atoms with Gasteiger partial charge in [0.05, 0.1) is 10.6 Å². The first-order chi connectivity index (χ1) is 9.90. The molecular formula is C14H18N4O3. The van der Waals surface area contributed by atoms with Crippen LogP contribution in [-0.4, -0.2) is 14.3 Å². The van der Waals surface area contributed by atoms with Gasteiger partial charge in [0, 0.05) is 12.6 Å². The molecular weight excluding hydrogens is 272 g/mol. The molecule has 0 unspecified atom stereocenters. The zero-order valence-corrected chi connectivity index (χ0v) is 12.2. The van der Waals surface area contributed by atoms with Crippen LogP contribution in [0.25, 0.3) is 5.69 Å². The van der Waals surface area contributed by atoms with E-state index >= 15 is 0 Å². The molecule has 0 saturated carbocycles. The minimum atomic E-state index is -0.500. The molecule has 0 bridgehead atoms. The number of nitrogens with two attached hydrogens (primary N) is 1. The largest absolute Gasteiger partial charge is 0.393 e. The molecule has 112 valence electrons. The van der Waals surface area contributed by atoms with Crippen LogP contribution in [0.5, 0.6) is 0 Å². The minimum absolute atomic E-state index is 0.0432. The Morgan fingerprint density at radius 2 is 1.95 bits per heavy atom. The SMILES string of the molecule is CCn1c(C(C)C)c(N)c(=O)n1-c1ccccc1[N+](=O)[O-]. The highest BCUT2D eigenvalue weighted by molar-refractivity contribution is 5.55. The summed E-state index contributed by atoms with van der Waals surface area (Å²) in [5, 5.41) is 11.2. The molecule has 0 atom stereocenters. The number of nitrogens with zero attached hydrogens (tertiary/aromatic N) is 3. The first kappa shape index (κ1) is 14.8. The lowest BCUT2D eigenvalue weighted by Gasteiger charge is -2.14. The Morgan fingerprint density at radius 3 is 2.48 bits per heavy atom. The van der Waals surface area contributed by atoms with Gasteiger partial charge < -0.3 is 5.73 Å². The average molecular weight is 290 g/mol. The highest BCUT2D eigenvalue weighted by Gasteiger charge is 2.24. The van der Waals surface area contributed by atoms with Crippen LogP contribution in [0.2, 0.25) is 0 Å². The summed E-state index contributed by atoms with van der Waals surface area (Å²) in [4.78, 5) is 23.1. The molecule has 0 aliphatic carbocycles. The van der Waals surface area contributed by atoms with Crippen LogP contribution in [0, 0.1) is 10.1 Å². The van der Waals surface area contributed by atoms with Crippen molar-refractivity contribution in [2.24, 2.45) is 0 Å². The fourth-order valence-electron chi connectivity index (χ4n) is 2.54. The molecule has 21 heavy (non-hydrogen) atoms. The van der Waals surface area contributed by atoms with Gasteiger partial charge in [0.15, 0.2) is 0 Å². The van der Waals surface area contributed by atoms with Crippen LogP contribution in [-0.2, 0) is 6.54 Å². The third kappa shape index (κ3) is 2.31. The van der Waals surface area contributed by atoms with Gasteiger partial charge in [-0.05, 0) is 18.9 Å². The number of nitrogen functional groups attached to an aromatic ring is 1. The van der Waals surface area contributed by atoms with E-state index in [1.807, 2.05) is 20.8 Å². The lowest BCUT2D eigenvalue weighted by Crippen LogP contribution is -2.23. The lowest BCUT2D eigenvalue weighted by atomic mass is 10.1. The van der Waals surface area contributed by atoms with E-state index in [1.165, 1.54) is 10.7 Å². The molecule has 0 radical (unpaired) electrons. The summed E-state index contributed by atoms with van der Waals surface area (Å²) in [5.41, 5.74) is 6.44. The number of nitro groups is 1. The summed E-state index contributed by atoms with van der Waals surface area (Å²) in [6, 6.07) is 6.15. The third-order valence-corrected chi connectivity index (χ3v) is 3.37. The van der Waals surface area contributed by atoms with Gasteiger partial charge >= 0.3 is 0 Å². The van der Waals surface area contributed by atoms with Gasteiger partial charge in [-0.15, -0.1) is 0 Å². The van der Waals surface area contributed by atoms with Gasteiger partial charge in [-0.25, -0.2) is 4.68 Å².